The van der Waals surface area contributed by atoms with Crippen molar-refractivity contribution in [3.05, 3.63) is 0 Å². The van der Waals surface area contributed by atoms with E-state index in [1.165, 1.54) is 0 Å². The Morgan fingerprint density at radius 3 is 2.47 bits per heavy atom. The molecule has 0 fully saturated rings. The number of carbonyl (C=O) groups excluding carboxylic acids is 1. The van der Waals surface area contributed by atoms with E-state index < -0.39 is 19.8 Å². The molecule has 0 radical (unpaired) electrons. The summed E-state index contributed by atoms with van der Waals surface area (Å²) < 4.78 is 14.1. The van der Waals surface area contributed by atoms with Gasteiger partial charge >= 0.3 is 13.8 Å². The molecule has 0 aliphatic heterocycles. The number of rotatable bonds is 7. The summed E-state index contributed by atoms with van der Waals surface area (Å²) in [4.78, 5) is 27.7. The fourth-order valence-corrected chi connectivity index (χ4v) is 1.27. The first-order valence-corrected chi connectivity index (χ1v) is 5.82. The van der Waals surface area contributed by atoms with E-state index in [0.717, 1.165) is 0 Å². The average molecular weight is 242 g/mol. The molecular formula is C6H15N2O6P. The van der Waals surface area contributed by atoms with Gasteiger partial charge in [0.05, 0.1) is 0 Å². The number of hydrogen-bond acceptors (Lipinski definition) is 6. The fourth-order valence-electron chi connectivity index (χ4n) is 0.909. The molecular weight excluding hydrogens is 227 g/mol. The molecule has 0 aromatic rings. The Balaban J connectivity index is 4.05. The maximum atomic E-state index is 11.0. The van der Waals surface area contributed by atoms with Crippen LogP contribution in [0.15, 0.2) is 0 Å². The zero-order chi connectivity index (χ0) is 11.9. The van der Waals surface area contributed by atoms with E-state index in [9.17, 15) is 9.36 Å². The molecule has 0 saturated heterocycles. The molecule has 0 bridgehead atoms. The third-order valence-electron chi connectivity index (χ3n) is 1.60. The first-order valence-electron chi connectivity index (χ1n) is 4.29. The second-order valence-corrected chi connectivity index (χ2v) is 4.03. The van der Waals surface area contributed by atoms with Crippen LogP contribution in [-0.2, 0) is 13.9 Å². The summed E-state index contributed by atoms with van der Waals surface area (Å²) in [5.74, 6) is -1.19. The van der Waals surface area contributed by atoms with Crippen LogP contribution >= 0.6 is 7.82 Å². The van der Waals surface area contributed by atoms with E-state index in [0.29, 0.717) is 19.4 Å². The molecule has 0 rings (SSSR count). The number of phosphoric ester groups is 1. The molecule has 0 amide bonds. The van der Waals surface area contributed by atoms with Gasteiger partial charge in [0, 0.05) is 0 Å². The lowest BCUT2D eigenvalue weighted by atomic mass is 10.1. The van der Waals surface area contributed by atoms with Crippen LogP contribution < -0.4 is 11.2 Å². The molecule has 0 unspecified atom stereocenters. The SMILES string of the molecule is NCCCC[C@H](NO)C(=O)OP(=O)(O)O. The number of hydrogen-bond donors (Lipinski definition) is 5. The Morgan fingerprint density at radius 1 is 1.47 bits per heavy atom. The monoisotopic (exact) mass is 242 g/mol. The summed E-state index contributed by atoms with van der Waals surface area (Å²) in [6, 6.07) is -1.15. The van der Waals surface area contributed by atoms with Gasteiger partial charge in [-0.1, -0.05) is 0 Å². The normalized spacial score (nSPS) is 13.6. The van der Waals surface area contributed by atoms with Gasteiger partial charge in [-0.25, -0.2) is 9.36 Å². The molecule has 6 N–H and O–H groups in total. The van der Waals surface area contributed by atoms with Gasteiger partial charge < -0.3 is 15.5 Å². The molecule has 9 heteroatoms. The van der Waals surface area contributed by atoms with Gasteiger partial charge in [0.15, 0.2) is 0 Å². The van der Waals surface area contributed by atoms with Crippen LogP contribution in [0.5, 0.6) is 0 Å². The van der Waals surface area contributed by atoms with E-state index in [4.69, 9.17) is 20.7 Å². The predicted molar refractivity (Wildman–Crippen MR) is 49.8 cm³/mol. The summed E-state index contributed by atoms with van der Waals surface area (Å²) in [5, 5.41) is 8.56. The molecule has 0 aromatic carbocycles. The van der Waals surface area contributed by atoms with Crippen molar-refractivity contribution in [1.82, 2.24) is 5.48 Å². The Kier molecular flexibility index (Phi) is 6.66. The van der Waals surface area contributed by atoms with Crippen molar-refractivity contribution in [2.45, 2.75) is 25.3 Å². The van der Waals surface area contributed by atoms with Crippen molar-refractivity contribution in [1.29, 1.82) is 0 Å². The molecule has 90 valence electrons. The van der Waals surface area contributed by atoms with E-state index in [1.807, 2.05) is 0 Å². The number of hydroxylamine groups is 1. The summed E-state index contributed by atoms with van der Waals surface area (Å²) in [5.41, 5.74) is 6.84. The first-order chi connectivity index (χ1) is 6.90. The minimum atomic E-state index is -4.85. The third kappa shape index (κ3) is 7.43. The van der Waals surface area contributed by atoms with E-state index in [-0.39, 0.29) is 6.42 Å². The molecule has 1 atom stereocenters. The fraction of sp³-hybridized carbons (Fsp3) is 0.833. The van der Waals surface area contributed by atoms with Gasteiger partial charge in [-0.15, -0.1) is 0 Å². The highest BCUT2D eigenvalue weighted by Gasteiger charge is 2.26. The van der Waals surface area contributed by atoms with E-state index >= 15 is 0 Å². The minimum absolute atomic E-state index is 0.187. The lowest BCUT2D eigenvalue weighted by Gasteiger charge is -2.13. The molecule has 0 aliphatic rings. The molecule has 0 saturated carbocycles. The Bertz CT molecular complexity index is 242. The van der Waals surface area contributed by atoms with Gasteiger partial charge in [-0.05, 0) is 25.8 Å². The average Bonchev–Trinajstić information content (AvgIpc) is 2.09. The van der Waals surface area contributed by atoms with Gasteiger partial charge in [0.1, 0.15) is 6.04 Å². The Hall–Kier alpha value is -0.500. The number of carbonyl (C=O) groups is 1. The first kappa shape index (κ1) is 14.5. The van der Waals surface area contributed by atoms with Crippen LogP contribution in [0.4, 0.5) is 0 Å². The smallest absolute Gasteiger partial charge is 0.369 e. The highest BCUT2D eigenvalue weighted by molar-refractivity contribution is 7.46. The van der Waals surface area contributed by atoms with Crippen molar-refractivity contribution < 1.29 is 28.9 Å². The van der Waals surface area contributed by atoms with Gasteiger partial charge in [0.25, 0.3) is 0 Å². The minimum Gasteiger partial charge on any atom is -0.369 e. The lowest BCUT2D eigenvalue weighted by molar-refractivity contribution is -0.141. The Labute approximate surface area is 86.6 Å². The lowest BCUT2D eigenvalue weighted by Crippen LogP contribution is -2.35. The van der Waals surface area contributed by atoms with Crippen LogP contribution in [0.1, 0.15) is 19.3 Å². The molecule has 0 aromatic heterocycles. The zero-order valence-corrected chi connectivity index (χ0v) is 8.89. The molecule has 8 nitrogen and oxygen atoms in total. The van der Waals surface area contributed by atoms with Crippen molar-refractivity contribution in [2.24, 2.45) is 5.73 Å². The number of phosphoric acid groups is 1. The standard InChI is InChI=1S/C6H15N2O6P/c7-4-2-1-3-5(8-10)6(9)14-15(11,12)13/h5,8,10H,1-4,7H2,(H2,11,12,13)/t5-/m0/s1. The van der Waals surface area contributed by atoms with Crippen LogP contribution in [0.25, 0.3) is 0 Å². The van der Waals surface area contributed by atoms with Crippen LogP contribution in [-0.4, -0.2) is 33.5 Å². The third-order valence-corrected chi connectivity index (χ3v) is 2.01. The highest BCUT2D eigenvalue weighted by atomic mass is 31.2. The number of unbranched alkanes of at least 4 members (excludes halogenated alkanes) is 1. The second-order valence-electron chi connectivity index (χ2n) is 2.87. The predicted octanol–water partition coefficient (Wildman–Crippen LogP) is -0.901. The quantitative estimate of drug-likeness (QED) is 0.219. The van der Waals surface area contributed by atoms with Crippen LogP contribution in [0.2, 0.25) is 0 Å². The maximum absolute atomic E-state index is 11.0. The second kappa shape index (κ2) is 6.89. The van der Waals surface area contributed by atoms with Crippen LogP contribution in [0.3, 0.4) is 0 Å². The number of nitrogens with two attached hydrogens (primary N) is 1. The summed E-state index contributed by atoms with van der Waals surface area (Å²) in [6.07, 6.45) is 1.36. The summed E-state index contributed by atoms with van der Waals surface area (Å²) >= 11 is 0. The van der Waals surface area contributed by atoms with Crippen molar-refractivity contribution in [3.63, 3.8) is 0 Å². The zero-order valence-electron chi connectivity index (χ0n) is 8.00. The van der Waals surface area contributed by atoms with Crippen molar-refractivity contribution >= 4 is 13.8 Å². The van der Waals surface area contributed by atoms with Gasteiger partial charge in [0.2, 0.25) is 0 Å². The molecule has 0 heterocycles. The summed E-state index contributed by atoms with van der Waals surface area (Å²) in [7, 11) is -4.85. The molecule has 15 heavy (non-hydrogen) atoms. The van der Waals surface area contributed by atoms with E-state index in [2.05, 4.69) is 4.52 Å². The van der Waals surface area contributed by atoms with E-state index in [1.54, 1.807) is 5.48 Å². The van der Waals surface area contributed by atoms with Crippen molar-refractivity contribution in [3.8, 4) is 0 Å². The van der Waals surface area contributed by atoms with Gasteiger partial charge in [-0.2, -0.15) is 5.48 Å². The highest BCUT2D eigenvalue weighted by Crippen LogP contribution is 2.36. The van der Waals surface area contributed by atoms with Crippen LogP contribution in [0, 0.1) is 0 Å². The topological polar surface area (TPSA) is 142 Å². The molecule has 0 spiro atoms. The largest absolute Gasteiger partial charge is 0.527 e. The van der Waals surface area contributed by atoms with Crippen molar-refractivity contribution in [2.75, 3.05) is 6.54 Å². The summed E-state index contributed by atoms with van der Waals surface area (Å²) in [6.45, 7) is 0.436. The maximum Gasteiger partial charge on any atom is 0.527 e. The number of nitrogens with one attached hydrogen (secondary N) is 1. The molecule has 0 aliphatic carbocycles. The Morgan fingerprint density at radius 2 is 2.07 bits per heavy atom. The van der Waals surface area contributed by atoms with Gasteiger partial charge in [-0.3, -0.25) is 9.79 Å².